The number of halogens is 2. The molecule has 3 heteroatoms. The molecule has 0 spiro atoms. The van der Waals surface area contributed by atoms with E-state index in [-0.39, 0.29) is 11.0 Å². The van der Waals surface area contributed by atoms with Gasteiger partial charge in [-0.2, -0.15) is 0 Å². The minimum atomic E-state index is -2.77. The summed E-state index contributed by atoms with van der Waals surface area (Å²) in [5.74, 6) is -2.77. The average Bonchev–Trinajstić information content (AvgIpc) is 2.16. The van der Waals surface area contributed by atoms with Crippen molar-refractivity contribution in [3.63, 3.8) is 0 Å². The van der Waals surface area contributed by atoms with Crippen LogP contribution in [0.3, 0.4) is 0 Å². The van der Waals surface area contributed by atoms with Gasteiger partial charge in [-0.25, -0.2) is 8.78 Å². The van der Waals surface area contributed by atoms with Crippen LogP contribution >= 0.6 is 0 Å². The highest BCUT2D eigenvalue weighted by Gasteiger charge is 2.25. The maximum absolute atomic E-state index is 13.1. The maximum atomic E-state index is 13.1. The smallest absolute Gasteiger partial charge is 0.270 e. The second kappa shape index (κ2) is 4.50. The molecule has 0 saturated heterocycles. The molecule has 0 unspecified atom stereocenters. The van der Waals surface area contributed by atoms with Gasteiger partial charge in [-0.3, -0.25) is 0 Å². The quantitative estimate of drug-likeness (QED) is 0.839. The molecular formula is C13H19F2N. The second-order valence-electron chi connectivity index (χ2n) is 5.13. The van der Waals surface area contributed by atoms with E-state index in [1.807, 2.05) is 19.9 Å². The number of alkyl halides is 2. The Morgan fingerprint density at radius 1 is 1.19 bits per heavy atom. The number of rotatable bonds is 4. The zero-order valence-electron chi connectivity index (χ0n) is 10.1. The lowest BCUT2D eigenvalue weighted by molar-refractivity contribution is 0.0173. The highest BCUT2D eigenvalue weighted by molar-refractivity contribution is 5.27. The Morgan fingerprint density at radius 2 is 1.81 bits per heavy atom. The van der Waals surface area contributed by atoms with Gasteiger partial charge in [0.05, 0.1) is 0 Å². The Morgan fingerprint density at radius 3 is 2.31 bits per heavy atom. The fraction of sp³-hybridized carbons (Fsp3) is 0.538. The first-order valence-corrected chi connectivity index (χ1v) is 5.42. The van der Waals surface area contributed by atoms with Crippen LogP contribution in [0.2, 0.25) is 0 Å². The van der Waals surface area contributed by atoms with Crippen molar-refractivity contribution in [3.8, 4) is 0 Å². The fourth-order valence-corrected chi connectivity index (χ4v) is 1.58. The summed E-state index contributed by atoms with van der Waals surface area (Å²) in [4.78, 5) is 0. The van der Waals surface area contributed by atoms with Gasteiger partial charge in [-0.05, 0) is 30.0 Å². The Hall–Kier alpha value is -0.960. The molecule has 0 aromatic heterocycles. The van der Waals surface area contributed by atoms with Gasteiger partial charge in [0, 0.05) is 12.5 Å². The van der Waals surface area contributed by atoms with E-state index in [1.165, 1.54) is 6.07 Å². The zero-order chi connectivity index (χ0) is 12.4. The number of hydrogen-bond acceptors (Lipinski definition) is 1. The van der Waals surface area contributed by atoms with Crippen LogP contribution in [-0.4, -0.2) is 6.54 Å². The molecule has 0 aliphatic carbocycles. The summed E-state index contributed by atoms with van der Waals surface area (Å²) >= 11 is 0. The first-order chi connectivity index (χ1) is 7.24. The normalized spacial score (nSPS) is 12.9. The van der Waals surface area contributed by atoms with Crippen molar-refractivity contribution in [1.82, 2.24) is 0 Å². The Labute approximate surface area is 95.7 Å². The van der Waals surface area contributed by atoms with Crippen molar-refractivity contribution >= 4 is 0 Å². The lowest BCUT2D eigenvalue weighted by Crippen LogP contribution is -2.26. The topological polar surface area (TPSA) is 26.0 Å². The molecule has 1 aromatic rings. The molecule has 0 amide bonds. The van der Waals surface area contributed by atoms with E-state index < -0.39 is 5.92 Å². The standard InChI is InChI=1S/C13H19F2N/c1-12(2,9-16)8-10-5-4-6-11(7-10)13(3,14)15/h4-7H,8-9,16H2,1-3H3. The molecule has 0 radical (unpaired) electrons. The van der Waals surface area contributed by atoms with Crippen LogP contribution in [0.1, 0.15) is 31.9 Å². The van der Waals surface area contributed by atoms with Crippen LogP contribution in [0.4, 0.5) is 8.78 Å². The lowest BCUT2D eigenvalue weighted by Gasteiger charge is -2.23. The predicted molar refractivity (Wildman–Crippen MR) is 62.5 cm³/mol. The van der Waals surface area contributed by atoms with Gasteiger partial charge in [-0.1, -0.05) is 32.0 Å². The summed E-state index contributed by atoms with van der Waals surface area (Å²) in [5.41, 5.74) is 6.55. The number of nitrogens with two attached hydrogens (primary N) is 1. The molecule has 2 N–H and O–H groups in total. The summed E-state index contributed by atoms with van der Waals surface area (Å²) in [6, 6.07) is 6.57. The highest BCUT2D eigenvalue weighted by Crippen LogP contribution is 2.29. The molecule has 16 heavy (non-hydrogen) atoms. The summed E-state index contributed by atoms with van der Waals surface area (Å²) in [6.45, 7) is 5.52. The minimum Gasteiger partial charge on any atom is -0.330 e. The first-order valence-electron chi connectivity index (χ1n) is 5.42. The van der Waals surface area contributed by atoms with E-state index in [4.69, 9.17) is 5.73 Å². The molecule has 0 atom stereocenters. The van der Waals surface area contributed by atoms with E-state index in [9.17, 15) is 8.78 Å². The molecule has 0 fully saturated rings. The summed E-state index contributed by atoms with van der Waals surface area (Å²) in [5, 5.41) is 0. The molecule has 0 bridgehead atoms. The molecule has 0 aliphatic rings. The van der Waals surface area contributed by atoms with Crippen LogP contribution in [0, 0.1) is 5.41 Å². The van der Waals surface area contributed by atoms with Crippen molar-refractivity contribution in [2.24, 2.45) is 11.1 Å². The third-order valence-electron chi connectivity index (χ3n) is 2.67. The van der Waals surface area contributed by atoms with E-state index in [0.717, 1.165) is 12.5 Å². The average molecular weight is 227 g/mol. The molecule has 0 heterocycles. The van der Waals surface area contributed by atoms with E-state index in [0.29, 0.717) is 13.0 Å². The van der Waals surface area contributed by atoms with Crippen LogP contribution < -0.4 is 5.73 Å². The SMILES string of the molecule is CC(C)(CN)Cc1cccc(C(C)(F)F)c1. The molecular weight excluding hydrogens is 208 g/mol. The van der Waals surface area contributed by atoms with Crippen molar-refractivity contribution in [1.29, 1.82) is 0 Å². The van der Waals surface area contributed by atoms with Gasteiger partial charge in [0.15, 0.2) is 0 Å². The van der Waals surface area contributed by atoms with Crippen molar-refractivity contribution < 1.29 is 8.78 Å². The number of hydrogen-bond donors (Lipinski definition) is 1. The molecule has 90 valence electrons. The third-order valence-corrected chi connectivity index (χ3v) is 2.67. The monoisotopic (exact) mass is 227 g/mol. The summed E-state index contributed by atoms with van der Waals surface area (Å²) < 4.78 is 26.2. The van der Waals surface area contributed by atoms with Crippen molar-refractivity contribution in [3.05, 3.63) is 35.4 Å². The molecule has 1 rings (SSSR count). The third kappa shape index (κ3) is 3.56. The fourth-order valence-electron chi connectivity index (χ4n) is 1.58. The van der Waals surface area contributed by atoms with Crippen molar-refractivity contribution in [2.75, 3.05) is 6.54 Å². The highest BCUT2D eigenvalue weighted by atomic mass is 19.3. The largest absolute Gasteiger partial charge is 0.330 e. The second-order valence-corrected chi connectivity index (χ2v) is 5.13. The van der Waals surface area contributed by atoms with Crippen LogP contribution in [-0.2, 0) is 12.3 Å². The van der Waals surface area contributed by atoms with Crippen molar-refractivity contribution in [2.45, 2.75) is 33.1 Å². The molecule has 0 aliphatic heterocycles. The Bertz CT molecular complexity index is 353. The Kier molecular flexibility index (Phi) is 3.68. The van der Waals surface area contributed by atoms with Crippen LogP contribution in [0.5, 0.6) is 0 Å². The predicted octanol–water partition coefficient (Wildman–Crippen LogP) is 3.33. The lowest BCUT2D eigenvalue weighted by atomic mass is 9.85. The first kappa shape index (κ1) is 13.1. The maximum Gasteiger partial charge on any atom is 0.270 e. The van der Waals surface area contributed by atoms with E-state index >= 15 is 0 Å². The van der Waals surface area contributed by atoms with E-state index in [2.05, 4.69) is 0 Å². The van der Waals surface area contributed by atoms with Crippen LogP contribution in [0.15, 0.2) is 24.3 Å². The van der Waals surface area contributed by atoms with Gasteiger partial charge in [-0.15, -0.1) is 0 Å². The van der Waals surface area contributed by atoms with Gasteiger partial charge in [0.2, 0.25) is 0 Å². The molecule has 1 aromatic carbocycles. The van der Waals surface area contributed by atoms with Gasteiger partial charge in [0.25, 0.3) is 5.92 Å². The van der Waals surface area contributed by atoms with Gasteiger partial charge >= 0.3 is 0 Å². The zero-order valence-corrected chi connectivity index (χ0v) is 10.1. The summed E-state index contributed by atoms with van der Waals surface area (Å²) in [7, 11) is 0. The van der Waals surface area contributed by atoms with Crippen LogP contribution in [0.25, 0.3) is 0 Å². The molecule has 0 saturated carbocycles. The minimum absolute atomic E-state index is 0.0539. The summed E-state index contributed by atoms with van der Waals surface area (Å²) in [6.07, 6.45) is 0.716. The van der Waals surface area contributed by atoms with Gasteiger partial charge in [0.1, 0.15) is 0 Å². The Balaban J connectivity index is 2.92. The van der Waals surface area contributed by atoms with Gasteiger partial charge < -0.3 is 5.73 Å². The number of benzene rings is 1. The molecule has 1 nitrogen and oxygen atoms in total. The van der Waals surface area contributed by atoms with E-state index in [1.54, 1.807) is 12.1 Å².